The van der Waals surface area contributed by atoms with Crippen molar-refractivity contribution in [3.8, 4) is 0 Å². The van der Waals surface area contributed by atoms with E-state index in [1.54, 1.807) is 12.1 Å². The first-order chi connectivity index (χ1) is 8.97. The molecular weight excluding hydrogens is 338 g/mol. The highest BCUT2D eigenvalue weighted by molar-refractivity contribution is 9.10. The Labute approximate surface area is 123 Å². The molecule has 2 aromatic rings. The fraction of sp³-hybridized carbons (Fsp3) is 0.143. The average molecular weight is 348 g/mol. The lowest BCUT2D eigenvalue weighted by atomic mass is 10.0. The van der Waals surface area contributed by atoms with Gasteiger partial charge in [-0.2, -0.15) is 0 Å². The van der Waals surface area contributed by atoms with Crippen molar-refractivity contribution in [2.24, 2.45) is 0 Å². The van der Waals surface area contributed by atoms with E-state index in [9.17, 15) is 13.9 Å². The van der Waals surface area contributed by atoms with Gasteiger partial charge in [0.05, 0.1) is 15.6 Å². The van der Waals surface area contributed by atoms with Crippen LogP contribution in [-0.4, -0.2) is 5.11 Å². The SMILES string of the molecule is OC(Cc1ccc(Cl)c(F)c1)c1ccc(Br)c(F)c1. The standard InChI is InChI=1S/C14H10BrClF2O/c15-10-3-2-9(7-12(10)17)14(19)6-8-1-4-11(16)13(18)5-8/h1-5,7,14,19H,6H2. The number of hydrogen-bond donors (Lipinski definition) is 1. The van der Waals surface area contributed by atoms with Gasteiger partial charge in [0, 0.05) is 6.42 Å². The fourth-order valence-corrected chi connectivity index (χ4v) is 2.09. The van der Waals surface area contributed by atoms with Crippen molar-refractivity contribution in [3.05, 3.63) is 68.7 Å². The molecule has 5 heteroatoms. The van der Waals surface area contributed by atoms with Crippen molar-refractivity contribution >= 4 is 27.5 Å². The third-order valence-electron chi connectivity index (χ3n) is 2.74. The fourth-order valence-electron chi connectivity index (χ4n) is 1.73. The van der Waals surface area contributed by atoms with E-state index in [1.807, 2.05) is 0 Å². The molecule has 0 aliphatic carbocycles. The van der Waals surface area contributed by atoms with Gasteiger partial charge in [0.25, 0.3) is 0 Å². The van der Waals surface area contributed by atoms with Gasteiger partial charge in [-0.15, -0.1) is 0 Å². The summed E-state index contributed by atoms with van der Waals surface area (Å²) in [7, 11) is 0. The smallest absolute Gasteiger partial charge is 0.142 e. The van der Waals surface area contributed by atoms with Crippen LogP contribution in [0.15, 0.2) is 40.9 Å². The van der Waals surface area contributed by atoms with Crippen molar-refractivity contribution in [1.29, 1.82) is 0 Å². The van der Waals surface area contributed by atoms with Crippen LogP contribution in [0.1, 0.15) is 17.2 Å². The number of aliphatic hydroxyl groups is 1. The third kappa shape index (κ3) is 3.53. The molecule has 0 fully saturated rings. The van der Waals surface area contributed by atoms with Gasteiger partial charge in [0.2, 0.25) is 0 Å². The Morgan fingerprint density at radius 2 is 1.84 bits per heavy atom. The summed E-state index contributed by atoms with van der Waals surface area (Å²) in [6.45, 7) is 0. The first-order valence-electron chi connectivity index (χ1n) is 5.54. The third-order valence-corrected chi connectivity index (χ3v) is 3.69. The van der Waals surface area contributed by atoms with Gasteiger partial charge in [-0.05, 0) is 51.3 Å². The molecule has 19 heavy (non-hydrogen) atoms. The van der Waals surface area contributed by atoms with Crippen LogP contribution in [0.5, 0.6) is 0 Å². The minimum absolute atomic E-state index is 0.0351. The Bertz CT molecular complexity index is 604. The first kappa shape index (κ1) is 14.4. The minimum Gasteiger partial charge on any atom is -0.388 e. The molecule has 0 amide bonds. The molecule has 2 rings (SSSR count). The Balaban J connectivity index is 2.17. The maximum atomic E-state index is 13.4. The molecule has 1 N–H and O–H groups in total. The molecule has 0 saturated carbocycles. The highest BCUT2D eigenvalue weighted by atomic mass is 79.9. The van der Waals surface area contributed by atoms with Crippen LogP contribution in [0.2, 0.25) is 5.02 Å². The Hall–Kier alpha value is -0.970. The highest BCUT2D eigenvalue weighted by Gasteiger charge is 2.12. The molecule has 0 bridgehead atoms. The lowest BCUT2D eigenvalue weighted by Gasteiger charge is -2.12. The second-order valence-electron chi connectivity index (χ2n) is 4.14. The van der Waals surface area contributed by atoms with Crippen molar-refractivity contribution in [2.45, 2.75) is 12.5 Å². The summed E-state index contributed by atoms with van der Waals surface area (Å²) in [5, 5.41) is 10.0. The van der Waals surface area contributed by atoms with E-state index in [0.29, 0.717) is 15.6 Å². The number of halogens is 4. The molecule has 100 valence electrons. The quantitative estimate of drug-likeness (QED) is 0.856. The van der Waals surface area contributed by atoms with Crippen LogP contribution in [0, 0.1) is 11.6 Å². The summed E-state index contributed by atoms with van der Waals surface area (Å²) in [5.41, 5.74) is 1.04. The zero-order chi connectivity index (χ0) is 14.0. The molecule has 0 spiro atoms. The molecule has 1 nitrogen and oxygen atoms in total. The van der Waals surface area contributed by atoms with Crippen LogP contribution in [0.4, 0.5) is 8.78 Å². The van der Waals surface area contributed by atoms with Gasteiger partial charge < -0.3 is 5.11 Å². The summed E-state index contributed by atoms with van der Waals surface area (Å²) >= 11 is 8.62. The van der Waals surface area contributed by atoms with E-state index >= 15 is 0 Å². The Kier molecular flexibility index (Phi) is 4.55. The lowest BCUT2D eigenvalue weighted by Crippen LogP contribution is -2.02. The number of rotatable bonds is 3. The summed E-state index contributed by atoms with van der Waals surface area (Å²) in [5.74, 6) is -0.979. The van der Waals surface area contributed by atoms with Gasteiger partial charge in [0.15, 0.2) is 0 Å². The van der Waals surface area contributed by atoms with Crippen LogP contribution >= 0.6 is 27.5 Å². The number of hydrogen-bond acceptors (Lipinski definition) is 1. The van der Waals surface area contributed by atoms with Crippen LogP contribution < -0.4 is 0 Å². The number of aliphatic hydroxyl groups excluding tert-OH is 1. The summed E-state index contributed by atoms with van der Waals surface area (Å²) < 4.78 is 27.0. The van der Waals surface area contributed by atoms with Gasteiger partial charge in [-0.3, -0.25) is 0 Å². The van der Waals surface area contributed by atoms with Crippen LogP contribution in [-0.2, 0) is 6.42 Å². The van der Waals surface area contributed by atoms with E-state index in [4.69, 9.17) is 11.6 Å². The summed E-state index contributed by atoms with van der Waals surface area (Å²) in [6.07, 6.45) is -0.710. The normalized spacial score (nSPS) is 12.5. The molecule has 1 atom stereocenters. The summed E-state index contributed by atoms with van der Waals surface area (Å²) in [6, 6.07) is 8.72. The predicted octanol–water partition coefficient (Wildman–Crippen LogP) is 4.66. The van der Waals surface area contributed by atoms with Crippen LogP contribution in [0.25, 0.3) is 0 Å². The predicted molar refractivity (Wildman–Crippen MR) is 74.2 cm³/mol. The maximum absolute atomic E-state index is 13.4. The van der Waals surface area contributed by atoms with E-state index < -0.39 is 17.7 Å². The largest absolute Gasteiger partial charge is 0.388 e. The van der Waals surface area contributed by atoms with Crippen molar-refractivity contribution in [3.63, 3.8) is 0 Å². The molecule has 0 saturated heterocycles. The van der Waals surface area contributed by atoms with Gasteiger partial charge in [-0.1, -0.05) is 23.7 Å². The van der Waals surface area contributed by atoms with Crippen LogP contribution in [0.3, 0.4) is 0 Å². The minimum atomic E-state index is -0.900. The van der Waals surface area contributed by atoms with Crippen molar-refractivity contribution in [1.82, 2.24) is 0 Å². The topological polar surface area (TPSA) is 20.2 Å². The second-order valence-corrected chi connectivity index (χ2v) is 5.40. The average Bonchev–Trinajstić information content (AvgIpc) is 2.37. The molecule has 0 radical (unpaired) electrons. The molecule has 1 unspecified atom stereocenters. The Morgan fingerprint density at radius 1 is 1.11 bits per heavy atom. The lowest BCUT2D eigenvalue weighted by molar-refractivity contribution is 0.178. The highest BCUT2D eigenvalue weighted by Crippen LogP contribution is 2.24. The summed E-state index contributed by atoms with van der Waals surface area (Å²) in [4.78, 5) is 0. The number of benzene rings is 2. The molecular formula is C14H10BrClF2O. The molecule has 0 aliphatic rings. The van der Waals surface area contributed by atoms with E-state index in [2.05, 4.69) is 15.9 Å². The van der Waals surface area contributed by atoms with Gasteiger partial charge >= 0.3 is 0 Å². The zero-order valence-corrected chi connectivity index (χ0v) is 12.0. The second kappa shape index (κ2) is 5.99. The van der Waals surface area contributed by atoms with Gasteiger partial charge in [0.1, 0.15) is 11.6 Å². The monoisotopic (exact) mass is 346 g/mol. The Morgan fingerprint density at radius 3 is 2.47 bits per heavy atom. The molecule has 0 heterocycles. The van der Waals surface area contributed by atoms with Crippen molar-refractivity contribution in [2.75, 3.05) is 0 Å². The van der Waals surface area contributed by atoms with E-state index in [0.717, 1.165) is 0 Å². The van der Waals surface area contributed by atoms with E-state index in [-0.39, 0.29) is 11.4 Å². The molecule has 2 aromatic carbocycles. The molecule has 0 aromatic heterocycles. The van der Waals surface area contributed by atoms with E-state index in [1.165, 1.54) is 24.3 Å². The molecule has 0 aliphatic heterocycles. The van der Waals surface area contributed by atoms with Gasteiger partial charge in [-0.25, -0.2) is 8.78 Å². The van der Waals surface area contributed by atoms with Crippen molar-refractivity contribution < 1.29 is 13.9 Å². The first-order valence-corrected chi connectivity index (χ1v) is 6.71. The zero-order valence-electron chi connectivity index (χ0n) is 9.71. The maximum Gasteiger partial charge on any atom is 0.142 e.